The van der Waals surface area contributed by atoms with Crippen LogP contribution < -0.4 is 0 Å². The molecule has 2 nitrogen and oxygen atoms in total. The molecule has 0 radical (unpaired) electrons. The molecule has 0 unspecified atom stereocenters. The van der Waals surface area contributed by atoms with E-state index in [1.807, 2.05) is 0 Å². The van der Waals surface area contributed by atoms with E-state index < -0.39 is 0 Å². The Labute approximate surface area is 135 Å². The first kappa shape index (κ1) is 13.1. The number of aromatic nitrogens is 2. The zero-order valence-electron chi connectivity index (χ0n) is 13.2. The molecule has 2 heteroatoms. The molecule has 2 aromatic carbocycles. The molecule has 0 spiro atoms. The lowest BCUT2D eigenvalue weighted by Crippen LogP contribution is -2.10. The first-order valence-corrected chi connectivity index (χ1v) is 8.71. The summed E-state index contributed by atoms with van der Waals surface area (Å²) in [6.07, 6.45) is 6.67. The Morgan fingerprint density at radius 2 is 1.57 bits per heavy atom. The van der Waals surface area contributed by atoms with E-state index in [4.69, 9.17) is 5.10 Å². The van der Waals surface area contributed by atoms with Crippen LogP contribution in [0.4, 0.5) is 0 Å². The largest absolute Gasteiger partial charge is 0.236 e. The predicted octanol–water partition coefficient (Wildman–Crippen LogP) is 5.69. The quantitative estimate of drug-likeness (QED) is 0.441. The summed E-state index contributed by atoms with van der Waals surface area (Å²) in [5.74, 6) is 0.644. The summed E-state index contributed by atoms with van der Waals surface area (Å²) in [7, 11) is 0. The van der Waals surface area contributed by atoms with Gasteiger partial charge in [-0.25, -0.2) is 4.52 Å². The van der Waals surface area contributed by atoms with Crippen molar-refractivity contribution in [1.29, 1.82) is 0 Å². The van der Waals surface area contributed by atoms with E-state index in [-0.39, 0.29) is 0 Å². The lowest BCUT2D eigenvalue weighted by Gasteiger charge is -2.23. The SMILES string of the molecule is c1ccc2c(c1)cc(C1CCCCC1)n1nc3ccccc3c21. The molecule has 0 saturated heterocycles. The Morgan fingerprint density at radius 3 is 2.43 bits per heavy atom. The van der Waals surface area contributed by atoms with Gasteiger partial charge in [0, 0.05) is 22.4 Å². The molecule has 1 aliphatic carbocycles. The molecule has 1 aliphatic rings. The molecule has 0 bridgehead atoms. The molecule has 23 heavy (non-hydrogen) atoms. The lowest BCUT2D eigenvalue weighted by atomic mass is 9.86. The third-order valence-electron chi connectivity index (χ3n) is 5.37. The molecule has 114 valence electrons. The van der Waals surface area contributed by atoms with Crippen LogP contribution in [-0.4, -0.2) is 9.61 Å². The van der Waals surface area contributed by atoms with Gasteiger partial charge in [0.2, 0.25) is 0 Å². The molecule has 5 rings (SSSR count). The van der Waals surface area contributed by atoms with Crippen LogP contribution in [0.15, 0.2) is 54.6 Å². The fourth-order valence-corrected chi connectivity index (χ4v) is 4.23. The lowest BCUT2D eigenvalue weighted by molar-refractivity contribution is 0.431. The second-order valence-electron chi connectivity index (χ2n) is 6.77. The van der Waals surface area contributed by atoms with Gasteiger partial charge in [-0.05, 0) is 30.4 Å². The number of benzene rings is 2. The van der Waals surface area contributed by atoms with Crippen molar-refractivity contribution in [1.82, 2.24) is 9.61 Å². The number of pyridine rings is 1. The van der Waals surface area contributed by atoms with Gasteiger partial charge in [-0.1, -0.05) is 61.7 Å². The maximum absolute atomic E-state index is 4.96. The van der Waals surface area contributed by atoms with Gasteiger partial charge in [0.05, 0.1) is 11.0 Å². The van der Waals surface area contributed by atoms with E-state index in [9.17, 15) is 0 Å². The minimum absolute atomic E-state index is 0.644. The molecular formula is C21H20N2. The van der Waals surface area contributed by atoms with Crippen molar-refractivity contribution in [2.45, 2.75) is 38.0 Å². The summed E-state index contributed by atoms with van der Waals surface area (Å²) in [6, 6.07) is 19.6. The van der Waals surface area contributed by atoms with E-state index >= 15 is 0 Å². The number of hydrogen-bond donors (Lipinski definition) is 0. The Bertz CT molecular complexity index is 1010. The van der Waals surface area contributed by atoms with Crippen LogP contribution in [0, 0.1) is 0 Å². The molecule has 1 fully saturated rings. The summed E-state index contributed by atoms with van der Waals surface area (Å²) < 4.78 is 2.24. The van der Waals surface area contributed by atoms with Crippen molar-refractivity contribution >= 4 is 27.2 Å². The van der Waals surface area contributed by atoms with E-state index in [1.54, 1.807) is 0 Å². The van der Waals surface area contributed by atoms with Gasteiger partial charge in [-0.3, -0.25) is 0 Å². The van der Waals surface area contributed by atoms with Gasteiger partial charge in [0.1, 0.15) is 0 Å². The van der Waals surface area contributed by atoms with Gasteiger partial charge in [-0.2, -0.15) is 5.10 Å². The van der Waals surface area contributed by atoms with Crippen LogP contribution in [0.25, 0.3) is 27.2 Å². The first-order valence-electron chi connectivity index (χ1n) is 8.71. The molecule has 0 amide bonds. The van der Waals surface area contributed by atoms with Gasteiger partial charge < -0.3 is 0 Å². The van der Waals surface area contributed by atoms with Crippen molar-refractivity contribution in [2.24, 2.45) is 0 Å². The summed E-state index contributed by atoms with van der Waals surface area (Å²) in [5.41, 5.74) is 3.77. The van der Waals surface area contributed by atoms with Gasteiger partial charge in [0.25, 0.3) is 0 Å². The fraction of sp³-hybridized carbons (Fsp3) is 0.286. The number of hydrogen-bond acceptors (Lipinski definition) is 1. The van der Waals surface area contributed by atoms with E-state index in [0.29, 0.717) is 5.92 Å². The minimum atomic E-state index is 0.644. The summed E-state index contributed by atoms with van der Waals surface area (Å²) in [6.45, 7) is 0. The summed E-state index contributed by atoms with van der Waals surface area (Å²) >= 11 is 0. The molecule has 2 heterocycles. The highest BCUT2D eigenvalue weighted by atomic mass is 15.2. The molecule has 4 aromatic rings. The average molecular weight is 300 g/mol. The Hall–Kier alpha value is -2.35. The summed E-state index contributed by atoms with van der Waals surface area (Å²) in [5, 5.41) is 8.87. The van der Waals surface area contributed by atoms with Gasteiger partial charge in [-0.15, -0.1) is 0 Å². The minimum Gasteiger partial charge on any atom is -0.236 e. The normalized spacial score (nSPS) is 16.5. The average Bonchev–Trinajstić information content (AvgIpc) is 3.01. The highest BCUT2D eigenvalue weighted by molar-refractivity contribution is 6.09. The molecule has 2 aromatic heterocycles. The third kappa shape index (κ3) is 1.98. The molecule has 0 aliphatic heterocycles. The topological polar surface area (TPSA) is 17.3 Å². The first-order chi connectivity index (χ1) is 11.4. The molecular weight excluding hydrogens is 280 g/mol. The van der Waals surface area contributed by atoms with Crippen molar-refractivity contribution in [2.75, 3.05) is 0 Å². The molecule has 0 N–H and O–H groups in total. The van der Waals surface area contributed by atoms with Crippen LogP contribution in [0.1, 0.15) is 43.7 Å². The van der Waals surface area contributed by atoms with Crippen LogP contribution in [0.2, 0.25) is 0 Å². The number of nitrogens with zero attached hydrogens (tertiary/aromatic N) is 2. The van der Waals surface area contributed by atoms with Crippen molar-refractivity contribution in [3.63, 3.8) is 0 Å². The maximum atomic E-state index is 4.96. The van der Waals surface area contributed by atoms with E-state index in [0.717, 1.165) is 5.52 Å². The Balaban J connectivity index is 1.92. The van der Waals surface area contributed by atoms with E-state index in [2.05, 4.69) is 59.1 Å². The fourth-order valence-electron chi connectivity index (χ4n) is 4.23. The van der Waals surface area contributed by atoms with Crippen LogP contribution >= 0.6 is 0 Å². The van der Waals surface area contributed by atoms with E-state index in [1.165, 1.54) is 59.5 Å². The Morgan fingerprint density at radius 1 is 0.826 bits per heavy atom. The summed E-state index contributed by atoms with van der Waals surface area (Å²) in [4.78, 5) is 0. The van der Waals surface area contributed by atoms with Gasteiger partial charge in [0.15, 0.2) is 0 Å². The third-order valence-corrected chi connectivity index (χ3v) is 5.37. The Kier molecular flexibility index (Phi) is 2.90. The van der Waals surface area contributed by atoms with Crippen molar-refractivity contribution < 1.29 is 0 Å². The zero-order valence-corrected chi connectivity index (χ0v) is 13.2. The standard InChI is InChI=1S/C21H20N2/c1-2-8-15(9-3-1)20-14-16-10-4-5-11-17(16)21-18-12-6-7-13-19(18)22-23(20)21/h4-7,10-15H,1-3,8-9H2. The predicted molar refractivity (Wildman–Crippen MR) is 96.0 cm³/mol. The van der Waals surface area contributed by atoms with Crippen LogP contribution in [0.3, 0.4) is 0 Å². The van der Waals surface area contributed by atoms with Crippen LogP contribution in [0.5, 0.6) is 0 Å². The van der Waals surface area contributed by atoms with Crippen molar-refractivity contribution in [3.8, 4) is 0 Å². The monoisotopic (exact) mass is 300 g/mol. The number of fused-ring (bicyclic) bond motifs is 5. The maximum Gasteiger partial charge on any atom is 0.0934 e. The number of rotatable bonds is 1. The van der Waals surface area contributed by atoms with Crippen LogP contribution in [-0.2, 0) is 0 Å². The highest BCUT2D eigenvalue weighted by Crippen LogP contribution is 2.37. The zero-order chi connectivity index (χ0) is 15.2. The second kappa shape index (κ2) is 5.09. The second-order valence-corrected chi connectivity index (χ2v) is 6.77. The van der Waals surface area contributed by atoms with Gasteiger partial charge >= 0.3 is 0 Å². The highest BCUT2D eigenvalue weighted by Gasteiger charge is 2.21. The molecule has 1 saturated carbocycles. The van der Waals surface area contributed by atoms with Crippen molar-refractivity contribution in [3.05, 3.63) is 60.3 Å². The molecule has 0 atom stereocenters. The smallest absolute Gasteiger partial charge is 0.0934 e.